The first-order chi connectivity index (χ1) is 12.0. The van der Waals surface area contributed by atoms with E-state index in [1.165, 1.54) is 12.4 Å². The van der Waals surface area contributed by atoms with Crippen molar-refractivity contribution in [1.29, 1.82) is 0 Å². The van der Waals surface area contributed by atoms with E-state index in [-0.39, 0.29) is 23.1 Å². The molecule has 0 unspecified atom stereocenters. The number of nitrogen functional groups attached to an aromatic ring is 1. The summed E-state index contributed by atoms with van der Waals surface area (Å²) in [5, 5.41) is 11.8. The van der Waals surface area contributed by atoms with Gasteiger partial charge in [-0.3, -0.25) is 4.79 Å². The van der Waals surface area contributed by atoms with Gasteiger partial charge in [-0.15, -0.1) is 0 Å². The topological polar surface area (TPSA) is 104 Å². The number of nitrogens with zero attached hydrogens (tertiary/aromatic N) is 3. The van der Waals surface area contributed by atoms with Gasteiger partial charge < -0.3 is 21.1 Å². The van der Waals surface area contributed by atoms with Crippen LogP contribution in [-0.4, -0.2) is 34.1 Å². The Balaban J connectivity index is 1.80. The third-order valence-corrected chi connectivity index (χ3v) is 4.19. The van der Waals surface area contributed by atoms with Gasteiger partial charge in [-0.05, 0) is 25.0 Å². The van der Waals surface area contributed by atoms with Crippen LogP contribution >= 0.6 is 0 Å². The van der Waals surface area contributed by atoms with Crippen molar-refractivity contribution < 1.29 is 18.7 Å². The van der Waals surface area contributed by atoms with Gasteiger partial charge in [0.25, 0.3) is 0 Å². The van der Waals surface area contributed by atoms with Crippen LogP contribution in [0.5, 0.6) is 0 Å². The van der Waals surface area contributed by atoms with Crippen LogP contribution in [0.2, 0.25) is 0 Å². The summed E-state index contributed by atoms with van der Waals surface area (Å²) in [6, 6.07) is 3.14. The molecule has 1 saturated heterocycles. The number of carbonyl (C=O) groups is 1. The number of rotatable bonds is 4. The highest BCUT2D eigenvalue weighted by atomic mass is 19.1. The number of nitrogens with two attached hydrogens (primary N) is 1. The van der Waals surface area contributed by atoms with E-state index in [1.54, 1.807) is 0 Å². The summed E-state index contributed by atoms with van der Waals surface area (Å²) in [7, 11) is 0. The molecule has 0 radical (unpaired) electrons. The Bertz CT molecular complexity index is 794. The van der Waals surface area contributed by atoms with E-state index in [0.29, 0.717) is 31.7 Å². The molecule has 25 heavy (non-hydrogen) atoms. The van der Waals surface area contributed by atoms with Gasteiger partial charge in [0.1, 0.15) is 23.6 Å². The monoisotopic (exact) mass is 349 g/mol. The minimum Gasteiger partial charge on any atom is -0.481 e. The maximum Gasteiger partial charge on any atom is 0.306 e. The van der Waals surface area contributed by atoms with E-state index in [2.05, 4.69) is 15.3 Å². The number of anilines is 4. The fraction of sp³-hybridized carbons (Fsp3) is 0.312. The average molecular weight is 349 g/mol. The molecule has 132 valence electrons. The fourth-order valence-corrected chi connectivity index (χ4v) is 2.79. The zero-order chi connectivity index (χ0) is 18.0. The summed E-state index contributed by atoms with van der Waals surface area (Å²) >= 11 is 0. The highest BCUT2D eigenvalue weighted by Gasteiger charge is 2.26. The third-order valence-electron chi connectivity index (χ3n) is 4.19. The average Bonchev–Trinajstić information content (AvgIpc) is 2.59. The Morgan fingerprint density at radius 1 is 1.28 bits per heavy atom. The molecule has 0 spiro atoms. The normalized spacial score (nSPS) is 15.2. The largest absolute Gasteiger partial charge is 0.481 e. The minimum atomic E-state index is -0.801. The Hall–Kier alpha value is -2.97. The summed E-state index contributed by atoms with van der Waals surface area (Å²) in [6.45, 7) is 1.01. The van der Waals surface area contributed by atoms with Crippen LogP contribution in [0.1, 0.15) is 12.8 Å². The zero-order valence-corrected chi connectivity index (χ0v) is 13.2. The van der Waals surface area contributed by atoms with Gasteiger partial charge in [0, 0.05) is 19.2 Å². The molecule has 7 nitrogen and oxygen atoms in total. The first kappa shape index (κ1) is 16.9. The predicted molar refractivity (Wildman–Crippen MR) is 88.7 cm³/mol. The van der Waals surface area contributed by atoms with E-state index in [9.17, 15) is 13.6 Å². The molecule has 1 aromatic heterocycles. The highest BCUT2D eigenvalue weighted by molar-refractivity contribution is 5.78. The molecule has 0 saturated carbocycles. The standard InChI is InChI=1S/C16H17F2N5O2/c17-10-1-2-12(11(18)7-10)22-14-13(19)15(21-8-20-14)23-5-3-9(4-6-23)16(24)25/h1-2,7-9H,3-6,19H2,(H,24,25)(H,20,21,22). The van der Waals surface area contributed by atoms with Gasteiger partial charge in [-0.2, -0.15) is 0 Å². The summed E-state index contributed by atoms with van der Waals surface area (Å²) in [5.74, 6) is -1.95. The number of hydrogen-bond donors (Lipinski definition) is 3. The molecule has 0 aliphatic carbocycles. The van der Waals surface area contributed by atoms with Crippen molar-refractivity contribution in [3.8, 4) is 0 Å². The van der Waals surface area contributed by atoms with Crippen molar-refractivity contribution in [2.75, 3.05) is 29.0 Å². The number of carboxylic acid groups (broad SMARTS) is 1. The van der Waals surface area contributed by atoms with Gasteiger partial charge >= 0.3 is 5.97 Å². The SMILES string of the molecule is Nc1c(Nc2ccc(F)cc2F)ncnc1N1CCC(C(=O)O)CC1. The first-order valence-electron chi connectivity index (χ1n) is 7.76. The van der Waals surface area contributed by atoms with Crippen LogP contribution < -0.4 is 16.0 Å². The zero-order valence-electron chi connectivity index (χ0n) is 13.2. The summed E-state index contributed by atoms with van der Waals surface area (Å²) in [4.78, 5) is 21.1. The van der Waals surface area contributed by atoms with E-state index >= 15 is 0 Å². The lowest BCUT2D eigenvalue weighted by Crippen LogP contribution is -2.37. The van der Waals surface area contributed by atoms with Crippen molar-refractivity contribution in [2.45, 2.75) is 12.8 Å². The van der Waals surface area contributed by atoms with E-state index in [1.807, 2.05) is 4.90 Å². The van der Waals surface area contributed by atoms with Gasteiger partial charge in [-0.25, -0.2) is 18.7 Å². The van der Waals surface area contributed by atoms with Gasteiger partial charge in [0.05, 0.1) is 11.6 Å². The smallest absolute Gasteiger partial charge is 0.306 e. The number of aromatic nitrogens is 2. The van der Waals surface area contributed by atoms with Gasteiger partial charge in [0.2, 0.25) is 0 Å². The molecular weight excluding hydrogens is 332 g/mol. The summed E-state index contributed by atoms with van der Waals surface area (Å²) in [6.07, 6.45) is 2.28. The predicted octanol–water partition coefficient (Wildman–Crippen LogP) is 2.38. The quantitative estimate of drug-likeness (QED) is 0.778. The van der Waals surface area contributed by atoms with Crippen molar-refractivity contribution in [3.63, 3.8) is 0 Å². The number of carboxylic acids is 1. The Labute approximate surface area is 142 Å². The molecule has 2 aromatic rings. The second-order valence-corrected chi connectivity index (χ2v) is 5.81. The number of halogens is 2. The fourth-order valence-electron chi connectivity index (χ4n) is 2.79. The van der Waals surface area contributed by atoms with E-state index < -0.39 is 17.6 Å². The van der Waals surface area contributed by atoms with Gasteiger partial charge in [-0.1, -0.05) is 0 Å². The number of benzene rings is 1. The maximum absolute atomic E-state index is 13.8. The lowest BCUT2D eigenvalue weighted by Gasteiger charge is -2.31. The number of aliphatic carboxylic acids is 1. The summed E-state index contributed by atoms with van der Waals surface area (Å²) < 4.78 is 26.8. The first-order valence-corrected chi connectivity index (χ1v) is 7.76. The van der Waals surface area contributed by atoms with Crippen LogP contribution in [0, 0.1) is 17.6 Å². The minimum absolute atomic E-state index is 0.0438. The molecule has 0 atom stereocenters. The third kappa shape index (κ3) is 3.59. The molecule has 3 rings (SSSR count). The molecule has 1 aliphatic heterocycles. The lowest BCUT2D eigenvalue weighted by molar-refractivity contribution is -0.142. The molecule has 1 aliphatic rings. The molecular formula is C16H17F2N5O2. The Kier molecular flexibility index (Phi) is 4.64. The number of hydrogen-bond acceptors (Lipinski definition) is 6. The molecule has 0 bridgehead atoms. The highest BCUT2D eigenvalue weighted by Crippen LogP contribution is 2.31. The van der Waals surface area contributed by atoms with Crippen LogP contribution in [-0.2, 0) is 4.79 Å². The van der Waals surface area contributed by atoms with E-state index in [0.717, 1.165) is 12.1 Å². The molecule has 9 heteroatoms. The van der Waals surface area contributed by atoms with Crippen LogP contribution in [0.4, 0.5) is 31.8 Å². The summed E-state index contributed by atoms with van der Waals surface area (Å²) in [5.41, 5.74) is 6.36. The van der Waals surface area contributed by atoms with Crippen molar-refractivity contribution in [2.24, 2.45) is 5.92 Å². The second kappa shape index (κ2) is 6.88. The maximum atomic E-state index is 13.8. The van der Waals surface area contributed by atoms with Crippen molar-refractivity contribution in [3.05, 3.63) is 36.2 Å². The lowest BCUT2D eigenvalue weighted by atomic mass is 9.97. The Morgan fingerprint density at radius 2 is 2.00 bits per heavy atom. The van der Waals surface area contributed by atoms with Crippen LogP contribution in [0.3, 0.4) is 0 Å². The van der Waals surface area contributed by atoms with Crippen molar-refractivity contribution in [1.82, 2.24) is 9.97 Å². The number of nitrogens with one attached hydrogen (secondary N) is 1. The second-order valence-electron chi connectivity index (χ2n) is 5.81. The Morgan fingerprint density at radius 3 is 2.64 bits per heavy atom. The van der Waals surface area contributed by atoms with Crippen molar-refractivity contribution >= 4 is 29.0 Å². The number of piperidine rings is 1. The van der Waals surface area contributed by atoms with Gasteiger partial charge in [0.15, 0.2) is 11.6 Å². The molecule has 0 amide bonds. The molecule has 4 N–H and O–H groups in total. The van der Waals surface area contributed by atoms with Crippen LogP contribution in [0.15, 0.2) is 24.5 Å². The van der Waals surface area contributed by atoms with E-state index in [4.69, 9.17) is 10.8 Å². The van der Waals surface area contributed by atoms with Crippen LogP contribution in [0.25, 0.3) is 0 Å². The molecule has 2 heterocycles. The molecule has 1 aromatic carbocycles. The molecule has 1 fully saturated rings.